The molecule has 0 saturated heterocycles. The zero-order valence-corrected chi connectivity index (χ0v) is 10.6. The molecule has 0 spiro atoms. The first-order valence-corrected chi connectivity index (χ1v) is 6.36. The van der Waals surface area contributed by atoms with Crippen LogP contribution in [0.25, 0.3) is 10.8 Å². The molecule has 2 aromatic rings. The molecule has 0 aliphatic heterocycles. The van der Waals surface area contributed by atoms with E-state index in [9.17, 15) is 0 Å². The molecular formula is C15H20N2. The summed E-state index contributed by atoms with van der Waals surface area (Å²) in [5, 5.41) is 5.95. The Kier molecular flexibility index (Phi) is 4.10. The number of hydrogen-bond acceptors (Lipinski definition) is 2. The summed E-state index contributed by atoms with van der Waals surface area (Å²) in [6.07, 6.45) is 7.58. The van der Waals surface area contributed by atoms with Crippen molar-refractivity contribution in [3.8, 4) is 0 Å². The van der Waals surface area contributed by atoms with E-state index in [2.05, 4.69) is 41.5 Å². The van der Waals surface area contributed by atoms with E-state index in [4.69, 9.17) is 0 Å². The van der Waals surface area contributed by atoms with Gasteiger partial charge in [0, 0.05) is 23.8 Å². The molecule has 0 radical (unpaired) electrons. The van der Waals surface area contributed by atoms with Crippen LogP contribution in [0.2, 0.25) is 0 Å². The van der Waals surface area contributed by atoms with Crippen LogP contribution in [-0.4, -0.2) is 12.0 Å². The van der Waals surface area contributed by atoms with Crippen LogP contribution < -0.4 is 5.32 Å². The van der Waals surface area contributed by atoms with Crippen molar-refractivity contribution < 1.29 is 0 Å². The van der Waals surface area contributed by atoms with Crippen LogP contribution >= 0.6 is 0 Å². The lowest BCUT2D eigenvalue weighted by Crippen LogP contribution is -2.16. The second kappa shape index (κ2) is 5.78. The molecule has 0 fully saturated rings. The van der Waals surface area contributed by atoms with Crippen molar-refractivity contribution in [1.82, 2.24) is 10.3 Å². The number of pyridine rings is 1. The zero-order valence-electron chi connectivity index (χ0n) is 10.6. The summed E-state index contributed by atoms with van der Waals surface area (Å²) >= 11 is 0. The van der Waals surface area contributed by atoms with Crippen molar-refractivity contribution in [2.75, 3.05) is 7.05 Å². The summed E-state index contributed by atoms with van der Waals surface area (Å²) < 4.78 is 0. The first kappa shape index (κ1) is 12.1. The average Bonchev–Trinajstić information content (AvgIpc) is 2.40. The summed E-state index contributed by atoms with van der Waals surface area (Å²) in [7, 11) is 2.03. The lowest BCUT2D eigenvalue weighted by Gasteiger charge is -2.17. The van der Waals surface area contributed by atoms with Gasteiger partial charge in [-0.25, -0.2) is 0 Å². The third-order valence-corrected chi connectivity index (χ3v) is 3.27. The maximum atomic E-state index is 4.35. The molecule has 1 heterocycles. The van der Waals surface area contributed by atoms with E-state index >= 15 is 0 Å². The second-order valence-electron chi connectivity index (χ2n) is 4.43. The Hall–Kier alpha value is -1.41. The Bertz CT molecular complexity index is 474. The topological polar surface area (TPSA) is 24.9 Å². The maximum absolute atomic E-state index is 4.35. The predicted octanol–water partition coefficient (Wildman–Crippen LogP) is 3.69. The Labute approximate surface area is 103 Å². The summed E-state index contributed by atoms with van der Waals surface area (Å²) in [5.41, 5.74) is 1.32. The fourth-order valence-corrected chi connectivity index (χ4v) is 2.28. The van der Waals surface area contributed by atoms with Gasteiger partial charge in [-0.2, -0.15) is 0 Å². The molecule has 1 atom stereocenters. The molecule has 1 N–H and O–H groups in total. The van der Waals surface area contributed by atoms with Crippen LogP contribution in [0.15, 0.2) is 36.7 Å². The van der Waals surface area contributed by atoms with E-state index < -0.39 is 0 Å². The fraction of sp³-hybridized carbons (Fsp3) is 0.400. The third kappa shape index (κ3) is 2.64. The maximum Gasteiger partial charge on any atom is 0.0346 e. The number of nitrogens with zero attached hydrogens (tertiary/aromatic N) is 1. The molecule has 0 aliphatic carbocycles. The molecule has 1 aromatic carbocycles. The predicted molar refractivity (Wildman–Crippen MR) is 73.1 cm³/mol. The molecule has 90 valence electrons. The van der Waals surface area contributed by atoms with E-state index in [0.717, 1.165) is 0 Å². The van der Waals surface area contributed by atoms with Gasteiger partial charge in [0.1, 0.15) is 0 Å². The average molecular weight is 228 g/mol. The minimum absolute atomic E-state index is 0.411. The number of nitrogens with one attached hydrogen (secondary N) is 1. The van der Waals surface area contributed by atoms with E-state index in [1.165, 1.54) is 35.6 Å². The first-order valence-electron chi connectivity index (χ1n) is 6.36. The van der Waals surface area contributed by atoms with E-state index in [1.54, 1.807) is 0 Å². The molecule has 2 rings (SSSR count). The van der Waals surface area contributed by atoms with Crippen molar-refractivity contribution in [3.05, 3.63) is 42.2 Å². The van der Waals surface area contributed by atoms with Crippen LogP contribution in [0.3, 0.4) is 0 Å². The highest BCUT2D eigenvalue weighted by Crippen LogP contribution is 2.26. The van der Waals surface area contributed by atoms with Gasteiger partial charge in [0.15, 0.2) is 0 Å². The molecule has 1 unspecified atom stereocenters. The molecule has 0 saturated carbocycles. The molecular weight excluding hydrogens is 208 g/mol. The van der Waals surface area contributed by atoms with Crippen LogP contribution in [0.1, 0.15) is 37.8 Å². The van der Waals surface area contributed by atoms with Gasteiger partial charge in [-0.05, 0) is 24.4 Å². The van der Waals surface area contributed by atoms with E-state index in [0.29, 0.717) is 6.04 Å². The molecule has 0 aliphatic rings. The minimum Gasteiger partial charge on any atom is -0.313 e. The van der Waals surface area contributed by atoms with Gasteiger partial charge in [0.25, 0.3) is 0 Å². The van der Waals surface area contributed by atoms with Crippen LogP contribution in [0.4, 0.5) is 0 Å². The number of rotatable bonds is 5. The number of hydrogen-bond donors (Lipinski definition) is 1. The molecule has 2 nitrogen and oxygen atoms in total. The van der Waals surface area contributed by atoms with E-state index in [-0.39, 0.29) is 0 Å². The minimum atomic E-state index is 0.411. The van der Waals surface area contributed by atoms with Gasteiger partial charge < -0.3 is 5.32 Å². The lowest BCUT2D eigenvalue weighted by molar-refractivity contribution is 0.524. The highest BCUT2D eigenvalue weighted by Gasteiger charge is 2.11. The van der Waals surface area contributed by atoms with Gasteiger partial charge in [0.2, 0.25) is 0 Å². The second-order valence-corrected chi connectivity index (χ2v) is 4.43. The van der Waals surface area contributed by atoms with Crippen molar-refractivity contribution in [2.45, 2.75) is 32.2 Å². The highest BCUT2D eigenvalue weighted by atomic mass is 14.9. The number of benzene rings is 1. The Morgan fingerprint density at radius 1 is 1.24 bits per heavy atom. The smallest absolute Gasteiger partial charge is 0.0346 e. The molecule has 17 heavy (non-hydrogen) atoms. The molecule has 0 amide bonds. The quantitative estimate of drug-likeness (QED) is 0.844. The number of fused-ring (bicyclic) bond motifs is 1. The Morgan fingerprint density at radius 2 is 2.06 bits per heavy atom. The van der Waals surface area contributed by atoms with Crippen molar-refractivity contribution in [3.63, 3.8) is 0 Å². The summed E-state index contributed by atoms with van der Waals surface area (Å²) in [6.45, 7) is 2.23. The van der Waals surface area contributed by atoms with Gasteiger partial charge in [0.05, 0.1) is 0 Å². The molecule has 0 bridgehead atoms. The monoisotopic (exact) mass is 228 g/mol. The first-order chi connectivity index (χ1) is 8.36. The SMILES string of the molecule is CCCCC(NC)c1cncc2ccccc12. The van der Waals surface area contributed by atoms with E-state index in [1.807, 2.05) is 19.4 Å². The standard InChI is InChI=1S/C15H20N2/c1-3-4-9-15(16-2)14-11-17-10-12-7-5-6-8-13(12)14/h5-8,10-11,15-16H,3-4,9H2,1-2H3. The number of unbranched alkanes of at least 4 members (excludes halogenated alkanes) is 1. The number of aromatic nitrogens is 1. The largest absolute Gasteiger partial charge is 0.313 e. The van der Waals surface area contributed by atoms with Gasteiger partial charge in [-0.1, -0.05) is 44.0 Å². The summed E-state index contributed by atoms with van der Waals surface area (Å²) in [5.74, 6) is 0. The van der Waals surface area contributed by atoms with Gasteiger partial charge in [-0.15, -0.1) is 0 Å². The van der Waals surface area contributed by atoms with Crippen molar-refractivity contribution in [2.24, 2.45) is 0 Å². The summed E-state index contributed by atoms with van der Waals surface area (Å²) in [4.78, 5) is 4.35. The Balaban J connectivity index is 2.38. The normalized spacial score (nSPS) is 12.8. The fourth-order valence-electron chi connectivity index (χ4n) is 2.28. The lowest BCUT2D eigenvalue weighted by atomic mass is 9.98. The van der Waals surface area contributed by atoms with Gasteiger partial charge >= 0.3 is 0 Å². The summed E-state index contributed by atoms with van der Waals surface area (Å²) in [6, 6.07) is 8.88. The zero-order chi connectivity index (χ0) is 12.1. The van der Waals surface area contributed by atoms with Gasteiger partial charge in [-0.3, -0.25) is 4.98 Å². The highest BCUT2D eigenvalue weighted by molar-refractivity contribution is 5.85. The Morgan fingerprint density at radius 3 is 2.82 bits per heavy atom. The third-order valence-electron chi connectivity index (χ3n) is 3.27. The van der Waals surface area contributed by atoms with Crippen molar-refractivity contribution in [1.29, 1.82) is 0 Å². The van der Waals surface area contributed by atoms with Crippen LogP contribution in [-0.2, 0) is 0 Å². The molecule has 1 aromatic heterocycles. The van der Waals surface area contributed by atoms with Crippen molar-refractivity contribution >= 4 is 10.8 Å². The van der Waals surface area contributed by atoms with Crippen LogP contribution in [0, 0.1) is 0 Å². The molecule has 2 heteroatoms. The van der Waals surface area contributed by atoms with Crippen LogP contribution in [0.5, 0.6) is 0 Å².